The first kappa shape index (κ1) is 50.5. The molecule has 4 amide bonds. The van der Waals surface area contributed by atoms with Crippen LogP contribution in [0.1, 0.15) is 93.9 Å². The number of Topliss-reactive ketones (excluding diaryl/α,β-unsaturated/α-hetero) is 3. The van der Waals surface area contributed by atoms with Crippen LogP contribution in [-0.2, 0) is 57.8 Å². The van der Waals surface area contributed by atoms with Crippen molar-refractivity contribution < 1.29 is 56.6 Å². The summed E-state index contributed by atoms with van der Waals surface area (Å²) in [6.45, 7) is 7.64. The Morgan fingerprint density at radius 1 is 0.894 bits per heavy atom. The highest BCUT2D eigenvalue weighted by atomic mass is 19.3. The van der Waals surface area contributed by atoms with Crippen molar-refractivity contribution in [2.75, 3.05) is 19.6 Å². The average molecular weight is 917 g/mol. The van der Waals surface area contributed by atoms with Crippen molar-refractivity contribution in [1.29, 1.82) is 0 Å². The van der Waals surface area contributed by atoms with E-state index in [0.29, 0.717) is 18.5 Å². The molecule has 0 bridgehead atoms. The summed E-state index contributed by atoms with van der Waals surface area (Å²) in [5.74, 6) is -15.6. The maximum Gasteiger partial charge on any atom is 0.410 e. The minimum absolute atomic E-state index is 0.0673. The van der Waals surface area contributed by atoms with Crippen molar-refractivity contribution >= 4 is 47.1 Å². The first-order valence-corrected chi connectivity index (χ1v) is 22.3. The highest BCUT2D eigenvalue weighted by molar-refractivity contribution is 6.10. The summed E-state index contributed by atoms with van der Waals surface area (Å²) in [4.78, 5) is 119. The molecular formula is C48H58F2N6O10. The number of ether oxygens (including phenoxy) is 2. The second kappa shape index (κ2) is 23.1. The van der Waals surface area contributed by atoms with Gasteiger partial charge in [-0.15, -0.1) is 0 Å². The highest BCUT2D eigenvalue weighted by Crippen LogP contribution is 2.31. The topological polar surface area (TPSA) is 211 Å². The first-order valence-electron chi connectivity index (χ1n) is 22.3. The lowest BCUT2D eigenvalue weighted by Crippen LogP contribution is -2.55. The number of halogens is 2. The number of hydrogen-bond donors (Lipinski definition) is 2. The quantitative estimate of drug-likeness (QED) is 0.0816. The van der Waals surface area contributed by atoms with Crippen molar-refractivity contribution in [3.8, 4) is 0 Å². The highest BCUT2D eigenvalue weighted by Gasteiger charge is 2.52. The number of alkyl halides is 2. The number of aromatic nitrogens is 2. The predicted molar refractivity (Wildman–Crippen MR) is 234 cm³/mol. The molecule has 5 atom stereocenters. The lowest BCUT2D eigenvalue weighted by Gasteiger charge is -2.32. The van der Waals surface area contributed by atoms with E-state index in [4.69, 9.17) is 9.47 Å². The van der Waals surface area contributed by atoms with Crippen molar-refractivity contribution in [2.24, 2.45) is 23.7 Å². The lowest BCUT2D eigenvalue weighted by molar-refractivity contribution is -0.163. The summed E-state index contributed by atoms with van der Waals surface area (Å²) in [5.41, 5.74) is 2.71. The van der Waals surface area contributed by atoms with Gasteiger partial charge in [0.2, 0.25) is 17.6 Å². The Morgan fingerprint density at radius 2 is 1.59 bits per heavy atom. The molecule has 18 heteroatoms. The number of esters is 1. The second-order valence-electron chi connectivity index (χ2n) is 17.4. The zero-order valence-electron chi connectivity index (χ0n) is 37.9. The van der Waals surface area contributed by atoms with E-state index in [-0.39, 0.29) is 57.0 Å². The maximum absolute atomic E-state index is 15.6. The molecule has 5 rings (SSSR count). The van der Waals surface area contributed by atoms with Gasteiger partial charge in [0.1, 0.15) is 31.0 Å². The minimum atomic E-state index is -4.65. The Hall–Kier alpha value is -6.46. The molecule has 1 aromatic heterocycles. The zero-order valence-corrected chi connectivity index (χ0v) is 37.9. The fourth-order valence-corrected chi connectivity index (χ4v) is 8.11. The first-order chi connectivity index (χ1) is 31.4. The normalized spacial score (nSPS) is 17.3. The van der Waals surface area contributed by atoms with Crippen molar-refractivity contribution in [2.45, 2.75) is 110 Å². The SMILES string of the molecule is CCC[C@H](CC(=O)[C@@H]1C[C@@H](OC(=O)N2CCc3ccccc3C2)CN1C(=O)[C@@H](NC(=O)[C@@H](CC(=O)c1cnccn1)C(C)C)C(C)C)C(=O)C(F)(F)C(=O)NCC(=O)OCc1ccccc1. The number of hydrogen-bond acceptors (Lipinski definition) is 12. The van der Waals surface area contributed by atoms with E-state index in [2.05, 4.69) is 15.3 Å². The molecule has 1 fully saturated rings. The summed E-state index contributed by atoms with van der Waals surface area (Å²) >= 11 is 0. The van der Waals surface area contributed by atoms with Crippen molar-refractivity contribution in [3.63, 3.8) is 0 Å². The lowest BCUT2D eigenvalue weighted by atomic mass is 9.87. The van der Waals surface area contributed by atoms with Gasteiger partial charge in [0.05, 0.1) is 18.8 Å². The number of rotatable bonds is 21. The molecule has 2 aromatic carbocycles. The number of ketones is 3. The Bertz CT molecular complexity index is 2230. The summed E-state index contributed by atoms with van der Waals surface area (Å²) < 4.78 is 42.1. The number of carbonyl (C=O) groups excluding carboxylic acids is 8. The summed E-state index contributed by atoms with van der Waals surface area (Å²) in [5, 5.41) is 4.54. The van der Waals surface area contributed by atoms with Crippen molar-refractivity contribution in [3.05, 3.63) is 95.6 Å². The average Bonchev–Trinajstić information content (AvgIpc) is 3.74. The van der Waals surface area contributed by atoms with Crippen LogP contribution in [0.15, 0.2) is 73.2 Å². The van der Waals surface area contributed by atoms with Crippen LogP contribution >= 0.6 is 0 Å². The summed E-state index contributed by atoms with van der Waals surface area (Å²) in [6, 6.07) is 13.5. The molecule has 2 aliphatic heterocycles. The van der Waals surface area contributed by atoms with E-state index >= 15 is 8.78 Å². The van der Waals surface area contributed by atoms with E-state index in [1.807, 2.05) is 24.3 Å². The van der Waals surface area contributed by atoms with Crippen LogP contribution in [0.5, 0.6) is 0 Å². The van der Waals surface area contributed by atoms with Crippen LogP contribution in [0.2, 0.25) is 0 Å². The summed E-state index contributed by atoms with van der Waals surface area (Å²) in [7, 11) is 0. The Morgan fingerprint density at radius 3 is 2.24 bits per heavy atom. The van der Waals surface area contributed by atoms with Gasteiger partial charge in [0, 0.05) is 56.6 Å². The fraction of sp³-hybridized carbons (Fsp3) is 0.500. The minimum Gasteiger partial charge on any atom is -0.460 e. The standard InChI is InChI=1S/C48H58F2N6O10/c1-6-12-33(43(60)48(49,50)46(63)53-25-41(59)65-28-31-13-8-7-9-14-31)21-40(58)38-22-35(66-47(64)55-20-17-32-15-10-11-16-34(32)26-55)27-56(38)45(62)42(30(4)5)54-44(61)36(29(2)3)23-39(57)37-24-51-18-19-52-37/h7-11,13-16,18-19,24,29-30,33,35-36,38,42H,6,12,17,20-23,25-28H2,1-5H3,(H,53,63)(H,54,61)/t33-,35-,36+,38+,42+/m1/s1. The van der Waals surface area contributed by atoms with Crippen LogP contribution in [0, 0.1) is 23.7 Å². The van der Waals surface area contributed by atoms with Gasteiger partial charge in [-0.2, -0.15) is 8.78 Å². The molecule has 0 unspecified atom stereocenters. The van der Waals surface area contributed by atoms with E-state index in [0.717, 1.165) is 16.0 Å². The number of nitrogens with one attached hydrogen (secondary N) is 2. The van der Waals surface area contributed by atoms with Crippen LogP contribution < -0.4 is 10.6 Å². The molecule has 3 heterocycles. The van der Waals surface area contributed by atoms with Crippen LogP contribution in [0.3, 0.4) is 0 Å². The van der Waals surface area contributed by atoms with E-state index in [1.165, 1.54) is 23.5 Å². The smallest absolute Gasteiger partial charge is 0.410 e. The summed E-state index contributed by atoms with van der Waals surface area (Å²) in [6.07, 6.45) is 1.55. The van der Waals surface area contributed by atoms with Gasteiger partial charge < -0.3 is 29.9 Å². The molecule has 16 nitrogen and oxygen atoms in total. The third-order valence-corrected chi connectivity index (χ3v) is 11.9. The van der Waals surface area contributed by atoms with Crippen LogP contribution in [0.25, 0.3) is 0 Å². The molecule has 354 valence electrons. The number of fused-ring (bicyclic) bond motifs is 1. The van der Waals surface area contributed by atoms with E-state index in [1.54, 1.807) is 70.3 Å². The largest absolute Gasteiger partial charge is 0.460 e. The molecule has 66 heavy (non-hydrogen) atoms. The van der Waals surface area contributed by atoms with E-state index in [9.17, 15) is 38.4 Å². The van der Waals surface area contributed by atoms with Crippen molar-refractivity contribution in [1.82, 2.24) is 30.4 Å². The second-order valence-corrected chi connectivity index (χ2v) is 17.4. The number of carbonyl (C=O) groups is 8. The Kier molecular flexibility index (Phi) is 17.7. The molecule has 0 spiro atoms. The number of amides is 4. The van der Waals surface area contributed by atoms with Gasteiger partial charge in [-0.25, -0.2) is 9.78 Å². The third kappa shape index (κ3) is 13.1. The molecule has 2 N–H and O–H groups in total. The third-order valence-electron chi connectivity index (χ3n) is 11.9. The fourth-order valence-electron chi connectivity index (χ4n) is 8.11. The van der Waals surface area contributed by atoms with Crippen LogP contribution in [-0.4, -0.2) is 111 Å². The molecular weight excluding hydrogens is 859 g/mol. The molecule has 1 saturated heterocycles. The van der Waals surface area contributed by atoms with Gasteiger partial charge in [-0.05, 0) is 41.4 Å². The number of likely N-dealkylation sites (tertiary alicyclic amines) is 1. The number of nitrogens with zero attached hydrogens (tertiary/aromatic N) is 4. The molecule has 0 saturated carbocycles. The molecule has 2 aliphatic rings. The van der Waals surface area contributed by atoms with Gasteiger partial charge in [-0.1, -0.05) is 95.6 Å². The monoisotopic (exact) mass is 916 g/mol. The Labute approximate surface area is 382 Å². The Balaban J connectivity index is 1.33. The predicted octanol–water partition coefficient (Wildman–Crippen LogP) is 5.07. The molecule has 3 aromatic rings. The van der Waals surface area contributed by atoms with Gasteiger partial charge in [0.25, 0.3) is 5.91 Å². The maximum atomic E-state index is 15.6. The zero-order chi connectivity index (χ0) is 48.1. The molecule has 0 aliphatic carbocycles. The van der Waals surface area contributed by atoms with Gasteiger partial charge in [0.15, 0.2) is 11.6 Å². The van der Waals surface area contributed by atoms with Gasteiger partial charge >= 0.3 is 18.0 Å². The molecule has 0 radical (unpaired) electrons. The number of benzene rings is 2. The van der Waals surface area contributed by atoms with Crippen LogP contribution in [0.4, 0.5) is 13.6 Å². The van der Waals surface area contributed by atoms with E-state index < -0.39 is 102 Å². The van der Waals surface area contributed by atoms with Gasteiger partial charge in [-0.3, -0.25) is 38.5 Å².